The van der Waals surface area contributed by atoms with E-state index in [1.165, 1.54) is 18.9 Å². The lowest BCUT2D eigenvalue weighted by Crippen LogP contribution is -2.30. The maximum absolute atomic E-state index is 13.4. The molecule has 0 N–H and O–H groups in total. The van der Waals surface area contributed by atoms with E-state index in [1.807, 2.05) is 61.5 Å². The Kier molecular flexibility index (Phi) is 6.29. The van der Waals surface area contributed by atoms with Crippen molar-refractivity contribution in [2.45, 2.75) is 12.7 Å². The van der Waals surface area contributed by atoms with Gasteiger partial charge in [-0.3, -0.25) is 9.69 Å². The first-order valence-corrected chi connectivity index (χ1v) is 11.9. The Balaban J connectivity index is 1.42. The predicted molar refractivity (Wildman–Crippen MR) is 136 cm³/mol. The van der Waals surface area contributed by atoms with Crippen LogP contribution in [0.3, 0.4) is 0 Å². The van der Waals surface area contributed by atoms with Gasteiger partial charge >= 0.3 is 5.97 Å². The molecule has 7 nitrogen and oxygen atoms in total. The highest BCUT2D eigenvalue weighted by molar-refractivity contribution is 8.13. The normalized spacial score (nSPS) is 15.5. The third kappa shape index (κ3) is 4.79. The lowest BCUT2D eigenvalue weighted by molar-refractivity contribution is -0.113. The summed E-state index contributed by atoms with van der Waals surface area (Å²) in [7, 11) is 1.36. The van der Waals surface area contributed by atoms with Gasteiger partial charge in [0.2, 0.25) is 6.79 Å². The van der Waals surface area contributed by atoms with E-state index in [1.54, 1.807) is 23.1 Å². The minimum atomic E-state index is -0.376. The molecule has 0 atom stereocenters. The molecule has 8 heteroatoms. The molecule has 176 valence electrons. The van der Waals surface area contributed by atoms with Crippen LogP contribution in [0.15, 0.2) is 77.4 Å². The van der Waals surface area contributed by atoms with E-state index in [-0.39, 0.29) is 18.7 Å². The number of ether oxygens (including phenoxy) is 3. The minimum absolute atomic E-state index is 0.190. The molecule has 3 aromatic rings. The van der Waals surface area contributed by atoms with Crippen molar-refractivity contribution in [1.29, 1.82) is 0 Å². The number of nitrogens with zero attached hydrogens (tertiary/aromatic N) is 2. The highest BCUT2D eigenvalue weighted by atomic mass is 32.2. The molecule has 0 unspecified atom stereocenters. The van der Waals surface area contributed by atoms with Crippen molar-refractivity contribution in [2.75, 3.05) is 18.8 Å². The fourth-order valence-electron chi connectivity index (χ4n) is 3.68. The first-order valence-electron chi connectivity index (χ1n) is 10.9. The van der Waals surface area contributed by atoms with Gasteiger partial charge in [0.15, 0.2) is 16.7 Å². The Morgan fingerprint density at radius 3 is 2.54 bits per heavy atom. The quantitative estimate of drug-likeness (QED) is 0.365. The maximum Gasteiger partial charge on any atom is 0.337 e. The van der Waals surface area contributed by atoms with Crippen LogP contribution in [0.4, 0.5) is 5.69 Å². The molecular weight excluding hydrogens is 464 g/mol. The molecule has 35 heavy (non-hydrogen) atoms. The van der Waals surface area contributed by atoms with Gasteiger partial charge in [-0.15, -0.1) is 0 Å². The average molecular weight is 487 g/mol. The summed E-state index contributed by atoms with van der Waals surface area (Å²) in [6.07, 6.45) is 1.75. The molecule has 0 aliphatic carbocycles. The van der Waals surface area contributed by atoms with Crippen molar-refractivity contribution >= 4 is 40.6 Å². The van der Waals surface area contributed by atoms with Gasteiger partial charge in [-0.1, -0.05) is 47.7 Å². The zero-order valence-corrected chi connectivity index (χ0v) is 20.0. The number of benzene rings is 3. The number of rotatable bonds is 5. The molecule has 0 aromatic heterocycles. The van der Waals surface area contributed by atoms with Crippen LogP contribution in [0.5, 0.6) is 11.5 Å². The molecule has 2 heterocycles. The van der Waals surface area contributed by atoms with Gasteiger partial charge in [-0.05, 0) is 60.5 Å². The number of aryl methyl sites for hydroxylation is 1. The van der Waals surface area contributed by atoms with Gasteiger partial charge in [0, 0.05) is 5.75 Å². The van der Waals surface area contributed by atoms with Crippen molar-refractivity contribution in [3.05, 3.63) is 94.7 Å². The van der Waals surface area contributed by atoms with Crippen LogP contribution in [0.2, 0.25) is 0 Å². The van der Waals surface area contributed by atoms with Crippen molar-refractivity contribution in [3.8, 4) is 11.5 Å². The molecule has 0 radical (unpaired) electrons. The van der Waals surface area contributed by atoms with Crippen molar-refractivity contribution in [1.82, 2.24) is 0 Å². The summed E-state index contributed by atoms with van der Waals surface area (Å²) < 4.78 is 15.6. The highest BCUT2D eigenvalue weighted by Gasteiger charge is 2.32. The van der Waals surface area contributed by atoms with E-state index in [0.717, 1.165) is 22.4 Å². The number of methoxy groups -OCH3 is 1. The number of hydrogen-bond acceptors (Lipinski definition) is 7. The number of carbonyl (C=O) groups excluding carboxylic acids is 2. The van der Waals surface area contributed by atoms with Crippen molar-refractivity contribution in [3.63, 3.8) is 0 Å². The van der Waals surface area contributed by atoms with Crippen molar-refractivity contribution in [2.24, 2.45) is 4.99 Å². The van der Waals surface area contributed by atoms with Crippen LogP contribution >= 0.6 is 11.8 Å². The SMILES string of the molecule is COC(=O)c1ccc(CSC2=N/C(=C\c3ccc4c(c3)OCO4)C(=O)N2c2ccc(C)cc2)cc1. The van der Waals surface area contributed by atoms with E-state index >= 15 is 0 Å². The standard InChI is InChI=1S/C27H22N2O5S/c1-17-3-10-21(11-4-17)29-25(30)22(13-19-7-12-23-24(14-19)34-16-33-23)28-27(29)35-15-18-5-8-20(9-6-18)26(31)32-2/h3-14H,15-16H2,1-2H3/b22-13-. The van der Waals surface area contributed by atoms with E-state index in [0.29, 0.717) is 33.7 Å². The summed E-state index contributed by atoms with van der Waals surface area (Å²) in [6.45, 7) is 2.19. The summed E-state index contributed by atoms with van der Waals surface area (Å²) in [5, 5.41) is 0.586. The van der Waals surface area contributed by atoms with Gasteiger partial charge in [0.05, 0.1) is 18.4 Å². The van der Waals surface area contributed by atoms with E-state index in [9.17, 15) is 9.59 Å². The average Bonchev–Trinajstić information content (AvgIpc) is 3.47. The number of fused-ring (bicyclic) bond motifs is 1. The van der Waals surface area contributed by atoms with E-state index < -0.39 is 0 Å². The second kappa shape index (κ2) is 9.68. The highest BCUT2D eigenvalue weighted by Crippen LogP contribution is 2.35. The second-order valence-corrected chi connectivity index (χ2v) is 8.93. The summed E-state index contributed by atoms with van der Waals surface area (Å²) in [4.78, 5) is 31.4. The topological polar surface area (TPSA) is 77.4 Å². The van der Waals surface area contributed by atoms with Crippen molar-refractivity contribution < 1.29 is 23.8 Å². The molecule has 0 saturated carbocycles. The zero-order chi connectivity index (χ0) is 24.4. The molecule has 0 saturated heterocycles. The lowest BCUT2D eigenvalue weighted by atomic mass is 10.1. The lowest BCUT2D eigenvalue weighted by Gasteiger charge is -2.18. The van der Waals surface area contributed by atoms with Crippen LogP contribution in [0.1, 0.15) is 27.0 Å². The molecule has 3 aromatic carbocycles. The Hall–Kier alpha value is -4.04. The second-order valence-electron chi connectivity index (χ2n) is 7.99. The smallest absolute Gasteiger partial charge is 0.337 e. The number of anilines is 1. The van der Waals surface area contributed by atoms with Crippen LogP contribution in [0, 0.1) is 6.92 Å². The van der Waals surface area contributed by atoms with Gasteiger partial charge in [-0.2, -0.15) is 0 Å². The van der Waals surface area contributed by atoms with Crippen LogP contribution in [0.25, 0.3) is 6.08 Å². The number of amides is 1. The maximum atomic E-state index is 13.4. The van der Waals surface area contributed by atoms with Gasteiger partial charge in [-0.25, -0.2) is 9.79 Å². The number of amidine groups is 1. The fraction of sp³-hybridized carbons (Fsp3) is 0.148. The Morgan fingerprint density at radius 2 is 1.80 bits per heavy atom. The Morgan fingerprint density at radius 1 is 1.06 bits per heavy atom. The molecule has 0 bridgehead atoms. The number of thioether (sulfide) groups is 1. The fourth-order valence-corrected chi connectivity index (χ4v) is 4.65. The van der Waals surface area contributed by atoms with Crippen LogP contribution in [-0.4, -0.2) is 30.9 Å². The van der Waals surface area contributed by atoms with Crippen LogP contribution in [-0.2, 0) is 15.3 Å². The zero-order valence-electron chi connectivity index (χ0n) is 19.2. The third-order valence-electron chi connectivity index (χ3n) is 5.56. The first-order chi connectivity index (χ1) is 17.0. The van der Waals surface area contributed by atoms with E-state index in [4.69, 9.17) is 14.2 Å². The first kappa shape index (κ1) is 22.7. The molecule has 0 fully saturated rings. The van der Waals surface area contributed by atoms with Crippen LogP contribution < -0.4 is 14.4 Å². The molecule has 1 amide bonds. The molecular formula is C27H22N2O5S. The Bertz CT molecular complexity index is 1350. The molecule has 2 aliphatic rings. The number of hydrogen-bond donors (Lipinski definition) is 0. The summed E-state index contributed by atoms with van der Waals surface area (Å²) in [5.41, 5.74) is 4.48. The monoisotopic (exact) mass is 486 g/mol. The number of esters is 1. The summed E-state index contributed by atoms with van der Waals surface area (Å²) >= 11 is 1.46. The summed E-state index contributed by atoms with van der Waals surface area (Å²) in [5.74, 6) is 1.33. The molecule has 0 spiro atoms. The van der Waals surface area contributed by atoms with E-state index in [2.05, 4.69) is 4.99 Å². The predicted octanol–water partition coefficient (Wildman–Crippen LogP) is 5.19. The number of carbonyl (C=O) groups is 2. The molecule has 2 aliphatic heterocycles. The van der Waals surface area contributed by atoms with Gasteiger partial charge in [0.1, 0.15) is 5.70 Å². The van der Waals surface area contributed by atoms with Gasteiger partial charge < -0.3 is 14.2 Å². The van der Waals surface area contributed by atoms with Gasteiger partial charge in [0.25, 0.3) is 5.91 Å². The Labute approximate surface area is 207 Å². The number of aliphatic imine (C=N–C) groups is 1. The largest absolute Gasteiger partial charge is 0.465 e. The third-order valence-corrected chi connectivity index (χ3v) is 6.57. The molecule has 5 rings (SSSR count). The minimum Gasteiger partial charge on any atom is -0.465 e. The summed E-state index contributed by atoms with van der Waals surface area (Å²) in [6, 6.07) is 20.5.